The highest BCUT2D eigenvalue weighted by molar-refractivity contribution is 7.89. The monoisotopic (exact) mass is 402 g/mol. The Bertz CT molecular complexity index is 936. The van der Waals surface area contributed by atoms with E-state index < -0.39 is 33.7 Å². The number of halogens is 3. The number of rotatable bonds is 7. The first-order valence-corrected chi connectivity index (χ1v) is 9.17. The Kier molecular flexibility index (Phi) is 6.58. The molecule has 0 radical (unpaired) electrons. The fourth-order valence-corrected chi connectivity index (χ4v) is 3.44. The number of likely N-dealkylation sites (N-methyl/N-ethyl adjacent to an activating group) is 1. The average Bonchev–Trinajstić information content (AvgIpc) is 2.63. The number of aliphatic hydroxyl groups excluding tert-OH is 1. The largest absolute Gasteiger partial charge is 0.395 e. The molecule has 0 aliphatic rings. The summed E-state index contributed by atoms with van der Waals surface area (Å²) in [6.07, 6.45) is -3.04. The van der Waals surface area contributed by atoms with Crippen LogP contribution in [0.1, 0.15) is 22.3 Å². The average molecular weight is 402 g/mol. The van der Waals surface area contributed by atoms with Gasteiger partial charge in [0, 0.05) is 24.8 Å². The molecule has 0 bridgehead atoms. The summed E-state index contributed by atoms with van der Waals surface area (Å²) in [6.45, 7) is -0.488. The van der Waals surface area contributed by atoms with E-state index in [0.717, 1.165) is 28.6 Å². The van der Waals surface area contributed by atoms with E-state index in [2.05, 4.69) is 5.32 Å². The summed E-state index contributed by atoms with van der Waals surface area (Å²) in [4.78, 5) is 12.1. The van der Waals surface area contributed by atoms with Crippen molar-refractivity contribution in [3.05, 3.63) is 59.4 Å². The fraction of sp³-hybridized carbons (Fsp3) is 0.235. The lowest BCUT2D eigenvalue weighted by Crippen LogP contribution is -2.29. The second-order valence-electron chi connectivity index (χ2n) is 5.57. The second-order valence-corrected chi connectivity index (χ2v) is 7.61. The summed E-state index contributed by atoms with van der Waals surface area (Å²) in [5, 5.41) is 11.2. The van der Waals surface area contributed by atoms with Crippen LogP contribution in [0.4, 0.5) is 18.9 Å². The maximum atomic E-state index is 13.3. The van der Waals surface area contributed by atoms with E-state index >= 15 is 0 Å². The fourth-order valence-electron chi connectivity index (χ4n) is 2.23. The Morgan fingerprint density at radius 1 is 1.22 bits per heavy atom. The summed E-state index contributed by atoms with van der Waals surface area (Å²) < 4.78 is 64.5. The zero-order valence-electron chi connectivity index (χ0n) is 14.2. The number of carbonyl (C=O) groups is 1. The molecular weight excluding hydrogens is 385 g/mol. The van der Waals surface area contributed by atoms with Crippen LogP contribution in [0.3, 0.4) is 0 Å². The van der Waals surface area contributed by atoms with Crippen molar-refractivity contribution in [1.29, 1.82) is 0 Å². The Balaban J connectivity index is 2.27. The molecule has 0 heterocycles. The Hall–Kier alpha value is -2.43. The van der Waals surface area contributed by atoms with Gasteiger partial charge in [-0.05, 0) is 36.4 Å². The highest BCUT2D eigenvalue weighted by Gasteiger charge is 2.22. The summed E-state index contributed by atoms with van der Waals surface area (Å²) in [7, 11) is -2.63. The number of hydrogen-bond acceptors (Lipinski definition) is 4. The summed E-state index contributed by atoms with van der Waals surface area (Å²) >= 11 is 0. The van der Waals surface area contributed by atoms with Crippen LogP contribution in [0.15, 0.2) is 47.4 Å². The number of benzene rings is 2. The van der Waals surface area contributed by atoms with Gasteiger partial charge in [-0.3, -0.25) is 4.79 Å². The summed E-state index contributed by atoms with van der Waals surface area (Å²) in [6, 6.07) is 7.84. The normalized spacial score (nSPS) is 11.8. The number of aliphatic hydroxyl groups is 1. The molecule has 0 unspecified atom stereocenters. The van der Waals surface area contributed by atoms with Crippen LogP contribution in [-0.2, 0) is 10.0 Å². The number of carbonyl (C=O) groups excluding carboxylic acids is 1. The van der Waals surface area contributed by atoms with Gasteiger partial charge >= 0.3 is 0 Å². The quantitative estimate of drug-likeness (QED) is 0.746. The highest BCUT2D eigenvalue weighted by Crippen LogP contribution is 2.25. The molecule has 2 aromatic rings. The molecule has 6 nitrogen and oxygen atoms in total. The van der Waals surface area contributed by atoms with E-state index in [1.165, 1.54) is 25.2 Å². The van der Waals surface area contributed by atoms with Gasteiger partial charge in [0.2, 0.25) is 10.0 Å². The first-order valence-electron chi connectivity index (χ1n) is 7.73. The van der Waals surface area contributed by atoms with Crippen LogP contribution < -0.4 is 5.32 Å². The van der Waals surface area contributed by atoms with Gasteiger partial charge in [0.25, 0.3) is 12.3 Å². The Labute approximate surface area is 154 Å². The van der Waals surface area contributed by atoms with Gasteiger partial charge in [-0.2, -0.15) is 4.31 Å². The lowest BCUT2D eigenvalue weighted by Gasteiger charge is -2.16. The first-order chi connectivity index (χ1) is 12.7. The molecule has 1 amide bonds. The van der Waals surface area contributed by atoms with Crippen LogP contribution >= 0.6 is 0 Å². The molecular formula is C17H17F3N2O4S. The van der Waals surface area contributed by atoms with Crippen molar-refractivity contribution in [2.75, 3.05) is 25.5 Å². The van der Waals surface area contributed by atoms with E-state index in [1.54, 1.807) is 0 Å². The van der Waals surface area contributed by atoms with Crippen molar-refractivity contribution in [3.8, 4) is 0 Å². The number of sulfonamides is 1. The van der Waals surface area contributed by atoms with Gasteiger partial charge in [-0.15, -0.1) is 0 Å². The standard InChI is InChI=1S/C17H17F3N2O4S/c1-22(7-8-23)27(25,26)13-4-2-3-11(9-13)17(24)21-12-5-6-15(18)14(10-12)16(19)20/h2-6,9-10,16,23H,7-8H2,1H3,(H,21,24). The minimum atomic E-state index is -3.91. The van der Waals surface area contributed by atoms with E-state index in [9.17, 15) is 26.4 Å². The van der Waals surface area contributed by atoms with Gasteiger partial charge < -0.3 is 10.4 Å². The Morgan fingerprint density at radius 2 is 1.93 bits per heavy atom. The molecule has 0 saturated heterocycles. The topological polar surface area (TPSA) is 86.7 Å². The van der Waals surface area contributed by atoms with Crippen LogP contribution in [0, 0.1) is 5.82 Å². The van der Waals surface area contributed by atoms with E-state index in [-0.39, 0.29) is 29.3 Å². The lowest BCUT2D eigenvalue weighted by molar-refractivity contribution is 0.102. The van der Waals surface area contributed by atoms with Crippen molar-refractivity contribution in [2.24, 2.45) is 0 Å². The van der Waals surface area contributed by atoms with Crippen LogP contribution in [0.2, 0.25) is 0 Å². The maximum absolute atomic E-state index is 13.3. The maximum Gasteiger partial charge on any atom is 0.266 e. The zero-order valence-corrected chi connectivity index (χ0v) is 15.0. The molecule has 0 fully saturated rings. The molecule has 0 aromatic heterocycles. The minimum absolute atomic E-state index is 0.0311. The SMILES string of the molecule is CN(CCO)S(=O)(=O)c1cccc(C(=O)Nc2ccc(F)c(C(F)F)c2)c1. The molecule has 0 saturated carbocycles. The molecule has 10 heteroatoms. The summed E-state index contributed by atoms with van der Waals surface area (Å²) in [5.41, 5.74) is -0.937. The molecule has 146 valence electrons. The number of nitrogens with one attached hydrogen (secondary N) is 1. The van der Waals surface area contributed by atoms with Crippen molar-refractivity contribution in [2.45, 2.75) is 11.3 Å². The third-order valence-electron chi connectivity index (χ3n) is 3.71. The van der Waals surface area contributed by atoms with E-state index in [1.807, 2.05) is 0 Å². The van der Waals surface area contributed by atoms with Crippen LogP contribution in [0.5, 0.6) is 0 Å². The van der Waals surface area contributed by atoms with Crippen molar-refractivity contribution in [1.82, 2.24) is 4.31 Å². The molecule has 27 heavy (non-hydrogen) atoms. The number of hydrogen-bond donors (Lipinski definition) is 2. The molecule has 0 aliphatic carbocycles. The van der Waals surface area contributed by atoms with E-state index in [4.69, 9.17) is 5.11 Å². The molecule has 0 spiro atoms. The predicted octanol–water partition coefficient (Wildman–Crippen LogP) is 2.63. The van der Waals surface area contributed by atoms with Gasteiger partial charge in [0.1, 0.15) is 5.82 Å². The smallest absolute Gasteiger partial charge is 0.266 e. The molecule has 2 aromatic carbocycles. The van der Waals surface area contributed by atoms with Crippen molar-refractivity contribution in [3.63, 3.8) is 0 Å². The lowest BCUT2D eigenvalue weighted by atomic mass is 10.1. The van der Waals surface area contributed by atoms with Gasteiger partial charge in [0.15, 0.2) is 0 Å². The summed E-state index contributed by atoms with van der Waals surface area (Å²) in [5.74, 6) is -1.84. The number of anilines is 1. The van der Waals surface area contributed by atoms with Gasteiger partial charge in [-0.1, -0.05) is 6.07 Å². The van der Waals surface area contributed by atoms with Crippen molar-refractivity contribution >= 4 is 21.6 Å². The first kappa shape index (κ1) is 20.9. The number of nitrogens with zero attached hydrogens (tertiary/aromatic N) is 1. The number of amides is 1. The molecule has 2 N–H and O–H groups in total. The van der Waals surface area contributed by atoms with Gasteiger partial charge in [-0.25, -0.2) is 21.6 Å². The highest BCUT2D eigenvalue weighted by atomic mass is 32.2. The second kappa shape index (κ2) is 8.51. The van der Waals surface area contributed by atoms with Gasteiger partial charge in [0.05, 0.1) is 17.1 Å². The molecule has 0 atom stereocenters. The van der Waals surface area contributed by atoms with Crippen LogP contribution in [0.25, 0.3) is 0 Å². The number of alkyl halides is 2. The van der Waals surface area contributed by atoms with E-state index in [0.29, 0.717) is 0 Å². The minimum Gasteiger partial charge on any atom is -0.395 e. The molecule has 0 aliphatic heterocycles. The van der Waals surface area contributed by atoms with Crippen LogP contribution in [-0.4, -0.2) is 43.9 Å². The Morgan fingerprint density at radius 3 is 2.56 bits per heavy atom. The molecule has 2 rings (SSSR count). The zero-order chi connectivity index (χ0) is 20.2. The third kappa shape index (κ3) is 4.85. The van der Waals surface area contributed by atoms with Crippen molar-refractivity contribution < 1.29 is 31.5 Å². The third-order valence-corrected chi connectivity index (χ3v) is 5.56. The predicted molar refractivity (Wildman–Crippen MR) is 92.7 cm³/mol.